The van der Waals surface area contributed by atoms with Gasteiger partial charge < -0.3 is 5.32 Å². The predicted octanol–water partition coefficient (Wildman–Crippen LogP) is 0.664. The zero-order chi connectivity index (χ0) is 6.41. The molecule has 0 atom stereocenters. The summed E-state index contributed by atoms with van der Waals surface area (Å²) in [5.41, 5.74) is 0. The van der Waals surface area contributed by atoms with Gasteiger partial charge in [0.25, 0.3) is 0 Å². The summed E-state index contributed by atoms with van der Waals surface area (Å²) in [5.74, 6) is 0.161. The standard InChI is InChI=1S/C4H10ClN3/c1-2-3-7-4(6)8-5/h2-3H2,1H3,(H3,6,7,8). The Kier molecular flexibility index (Phi) is 4.45. The van der Waals surface area contributed by atoms with Crippen molar-refractivity contribution in [3.63, 3.8) is 0 Å². The molecule has 0 bridgehead atoms. The molecule has 8 heavy (non-hydrogen) atoms. The largest absolute Gasteiger partial charge is 0.356 e. The van der Waals surface area contributed by atoms with Crippen LogP contribution in [-0.2, 0) is 0 Å². The van der Waals surface area contributed by atoms with Crippen LogP contribution >= 0.6 is 11.8 Å². The Morgan fingerprint density at radius 3 is 2.75 bits per heavy atom. The number of hydrogen-bond acceptors (Lipinski definition) is 1. The normalized spacial score (nSPS) is 8.25. The second-order valence-corrected chi connectivity index (χ2v) is 1.59. The van der Waals surface area contributed by atoms with Crippen LogP contribution in [0.1, 0.15) is 13.3 Å². The third kappa shape index (κ3) is 3.74. The van der Waals surface area contributed by atoms with Gasteiger partial charge in [-0.05, 0) is 6.42 Å². The summed E-state index contributed by atoms with van der Waals surface area (Å²) in [6.07, 6.45) is 1.00. The van der Waals surface area contributed by atoms with Crippen molar-refractivity contribution in [3.05, 3.63) is 0 Å². The highest BCUT2D eigenvalue weighted by Crippen LogP contribution is 1.69. The molecule has 48 valence electrons. The maximum Gasteiger partial charge on any atom is 0.203 e. The van der Waals surface area contributed by atoms with Crippen LogP contribution in [0.2, 0.25) is 0 Å². The molecule has 0 aliphatic carbocycles. The highest BCUT2D eigenvalue weighted by atomic mass is 35.5. The predicted molar refractivity (Wildman–Crippen MR) is 35.0 cm³/mol. The molecule has 0 fully saturated rings. The van der Waals surface area contributed by atoms with Crippen molar-refractivity contribution in [2.75, 3.05) is 6.54 Å². The second kappa shape index (κ2) is 4.71. The zero-order valence-corrected chi connectivity index (χ0v) is 5.55. The van der Waals surface area contributed by atoms with Crippen LogP contribution in [0.15, 0.2) is 0 Å². The first-order chi connectivity index (χ1) is 3.81. The Labute approximate surface area is 54.0 Å². The molecule has 0 aromatic carbocycles. The number of nitrogens with one attached hydrogen (secondary N) is 3. The number of rotatable bonds is 2. The number of hydrogen-bond donors (Lipinski definition) is 3. The van der Waals surface area contributed by atoms with E-state index in [-0.39, 0.29) is 5.96 Å². The van der Waals surface area contributed by atoms with Crippen molar-refractivity contribution in [2.24, 2.45) is 0 Å². The second-order valence-electron chi connectivity index (χ2n) is 1.40. The van der Waals surface area contributed by atoms with Crippen LogP contribution in [0, 0.1) is 5.41 Å². The first-order valence-electron chi connectivity index (χ1n) is 2.50. The van der Waals surface area contributed by atoms with Gasteiger partial charge in [0.1, 0.15) is 0 Å². The molecule has 0 rings (SSSR count). The maximum absolute atomic E-state index is 6.89. The van der Waals surface area contributed by atoms with E-state index in [1.807, 2.05) is 6.92 Å². The van der Waals surface area contributed by atoms with Gasteiger partial charge in [-0.15, -0.1) is 0 Å². The van der Waals surface area contributed by atoms with Crippen molar-refractivity contribution in [3.8, 4) is 0 Å². The van der Waals surface area contributed by atoms with Crippen LogP contribution in [-0.4, -0.2) is 12.5 Å². The molecule has 4 heteroatoms. The highest BCUT2D eigenvalue weighted by Gasteiger charge is 1.85. The molecule has 0 saturated heterocycles. The summed E-state index contributed by atoms with van der Waals surface area (Å²) in [6, 6.07) is 0. The molecule has 3 nitrogen and oxygen atoms in total. The lowest BCUT2D eigenvalue weighted by Gasteiger charge is -2.00. The van der Waals surface area contributed by atoms with Gasteiger partial charge in [-0.1, -0.05) is 6.92 Å². The summed E-state index contributed by atoms with van der Waals surface area (Å²) in [5, 5.41) is 9.61. The Morgan fingerprint density at radius 1 is 1.75 bits per heavy atom. The average molecular weight is 136 g/mol. The quantitative estimate of drug-likeness (QED) is 0.296. The molecule has 0 unspecified atom stereocenters. The van der Waals surface area contributed by atoms with E-state index in [1.54, 1.807) is 0 Å². The van der Waals surface area contributed by atoms with E-state index in [0.717, 1.165) is 13.0 Å². The van der Waals surface area contributed by atoms with Gasteiger partial charge in [0.2, 0.25) is 5.96 Å². The summed E-state index contributed by atoms with van der Waals surface area (Å²) >= 11 is 5.05. The fraction of sp³-hybridized carbons (Fsp3) is 0.750. The van der Waals surface area contributed by atoms with Gasteiger partial charge in [-0.2, -0.15) is 0 Å². The number of halogens is 1. The summed E-state index contributed by atoms with van der Waals surface area (Å²) in [4.78, 5) is 2.14. The number of guanidine groups is 1. The zero-order valence-electron chi connectivity index (χ0n) is 4.79. The molecule has 0 radical (unpaired) electrons. The van der Waals surface area contributed by atoms with Crippen molar-refractivity contribution < 1.29 is 0 Å². The Morgan fingerprint density at radius 2 is 2.38 bits per heavy atom. The van der Waals surface area contributed by atoms with E-state index in [1.165, 1.54) is 0 Å². The van der Waals surface area contributed by atoms with Crippen LogP contribution in [0.4, 0.5) is 0 Å². The molecule has 0 aliphatic heterocycles. The highest BCUT2D eigenvalue weighted by molar-refractivity contribution is 6.21. The molecule has 0 spiro atoms. The van der Waals surface area contributed by atoms with Crippen molar-refractivity contribution >= 4 is 17.7 Å². The average Bonchev–Trinajstić information content (AvgIpc) is 1.83. The SMILES string of the molecule is CCCNC(=N)NCl. The van der Waals surface area contributed by atoms with E-state index in [9.17, 15) is 0 Å². The lowest BCUT2D eigenvalue weighted by atomic mass is 10.5. The molecule has 0 aromatic rings. The molecular weight excluding hydrogens is 126 g/mol. The Balaban J connectivity index is 2.99. The summed E-state index contributed by atoms with van der Waals surface area (Å²) < 4.78 is 0. The molecule has 3 N–H and O–H groups in total. The minimum Gasteiger partial charge on any atom is -0.356 e. The Bertz CT molecular complexity index is 73.7. The van der Waals surface area contributed by atoms with Crippen molar-refractivity contribution in [2.45, 2.75) is 13.3 Å². The molecular formula is C4H10ClN3. The summed E-state index contributed by atoms with van der Waals surface area (Å²) in [7, 11) is 0. The molecule has 0 heterocycles. The molecule has 0 saturated carbocycles. The van der Waals surface area contributed by atoms with Crippen LogP contribution in [0.5, 0.6) is 0 Å². The van der Waals surface area contributed by atoms with Crippen molar-refractivity contribution in [1.82, 2.24) is 10.2 Å². The van der Waals surface area contributed by atoms with E-state index in [0.29, 0.717) is 0 Å². The summed E-state index contributed by atoms with van der Waals surface area (Å²) in [6.45, 7) is 2.81. The van der Waals surface area contributed by atoms with Gasteiger partial charge in [-0.3, -0.25) is 10.2 Å². The molecule has 0 amide bonds. The smallest absolute Gasteiger partial charge is 0.203 e. The van der Waals surface area contributed by atoms with Gasteiger partial charge >= 0.3 is 0 Å². The topological polar surface area (TPSA) is 47.9 Å². The molecule has 0 aromatic heterocycles. The maximum atomic E-state index is 6.89. The minimum atomic E-state index is 0.161. The van der Waals surface area contributed by atoms with Gasteiger partial charge in [-0.25, -0.2) is 0 Å². The molecule has 0 aliphatic rings. The lowest BCUT2D eigenvalue weighted by Crippen LogP contribution is -2.30. The van der Waals surface area contributed by atoms with E-state index in [4.69, 9.17) is 17.2 Å². The third-order valence-electron chi connectivity index (χ3n) is 0.646. The van der Waals surface area contributed by atoms with Crippen LogP contribution in [0.3, 0.4) is 0 Å². The van der Waals surface area contributed by atoms with Crippen LogP contribution < -0.4 is 10.2 Å². The van der Waals surface area contributed by atoms with E-state index < -0.39 is 0 Å². The Hall–Kier alpha value is -0.440. The first-order valence-corrected chi connectivity index (χ1v) is 2.88. The van der Waals surface area contributed by atoms with Crippen LogP contribution in [0.25, 0.3) is 0 Å². The van der Waals surface area contributed by atoms with Gasteiger partial charge in [0.05, 0.1) is 0 Å². The van der Waals surface area contributed by atoms with E-state index in [2.05, 4.69) is 10.2 Å². The van der Waals surface area contributed by atoms with E-state index >= 15 is 0 Å². The minimum absolute atomic E-state index is 0.161. The fourth-order valence-corrected chi connectivity index (χ4v) is 0.350. The fourth-order valence-electron chi connectivity index (χ4n) is 0.283. The lowest BCUT2D eigenvalue weighted by molar-refractivity contribution is 0.823. The monoisotopic (exact) mass is 135 g/mol. The van der Waals surface area contributed by atoms with Crippen molar-refractivity contribution in [1.29, 1.82) is 5.41 Å². The third-order valence-corrected chi connectivity index (χ3v) is 0.835. The van der Waals surface area contributed by atoms with Gasteiger partial charge in [0.15, 0.2) is 0 Å². The first kappa shape index (κ1) is 7.56. The van der Waals surface area contributed by atoms with Gasteiger partial charge in [0, 0.05) is 18.3 Å².